The van der Waals surface area contributed by atoms with Crippen LogP contribution in [0.3, 0.4) is 0 Å². The van der Waals surface area contributed by atoms with Crippen LogP contribution in [-0.2, 0) is 9.53 Å². The number of fused-ring (bicyclic) bond motifs is 3. The van der Waals surface area contributed by atoms with Gasteiger partial charge in [-0.1, -0.05) is 33.4 Å². The first kappa shape index (κ1) is 20.2. The number of carbonyl (C=O) groups is 1. The van der Waals surface area contributed by atoms with E-state index in [9.17, 15) is 9.90 Å². The van der Waals surface area contributed by atoms with Gasteiger partial charge in [0.2, 0.25) is 0 Å². The molecule has 4 rings (SSSR count). The second kappa shape index (κ2) is 6.45. The van der Waals surface area contributed by atoms with E-state index >= 15 is 0 Å². The lowest BCUT2D eigenvalue weighted by molar-refractivity contribution is -0.201. The Kier molecular flexibility index (Phi) is 4.65. The van der Waals surface area contributed by atoms with E-state index in [2.05, 4.69) is 27.4 Å². The summed E-state index contributed by atoms with van der Waals surface area (Å²) in [5, 5.41) is 10.7. The van der Waals surface area contributed by atoms with Crippen LogP contribution in [0.2, 0.25) is 0 Å². The normalized spacial score (nSPS) is 47.3. The molecule has 4 aliphatic carbocycles. The quantitative estimate of drug-likeness (QED) is 0.391. The number of allylic oxidation sites excluding steroid dienone is 1. The molecule has 4 fully saturated rings. The molecule has 0 unspecified atom stereocenters. The van der Waals surface area contributed by atoms with Gasteiger partial charge in [-0.05, 0) is 93.0 Å². The van der Waals surface area contributed by atoms with Crippen LogP contribution in [0, 0.1) is 34.0 Å². The fourth-order valence-corrected chi connectivity index (χ4v) is 8.06. The van der Waals surface area contributed by atoms with Crippen molar-refractivity contribution in [3.8, 4) is 0 Å². The topological polar surface area (TPSA) is 46.5 Å². The molecule has 0 aromatic rings. The molecule has 0 amide bonds. The Bertz CT molecular complexity index is 719. The second-order valence-electron chi connectivity index (χ2n) is 11.1. The van der Waals surface area contributed by atoms with E-state index in [0.717, 1.165) is 37.7 Å². The molecule has 4 saturated carbocycles. The highest BCUT2D eigenvalue weighted by atomic mass is 16.5. The zero-order valence-electron chi connectivity index (χ0n) is 18.4. The standard InChI is InChI=1S/C25H38O3/c1-7-15(2)22(27)28-21-16(3)17-8-9-19-24(6)12-11-20(26)23(4,5)18(24)10-13-25(19,21)14-17/h7,17-21,26H,3,8-14H2,1-2,4-6H3/b15-7-/t17-,18-,19+,20-,21-,24-,25-/m1/s1. The van der Waals surface area contributed by atoms with Crippen LogP contribution in [-0.4, -0.2) is 23.3 Å². The van der Waals surface area contributed by atoms with Gasteiger partial charge in [-0.3, -0.25) is 0 Å². The van der Waals surface area contributed by atoms with Gasteiger partial charge in [-0.25, -0.2) is 4.79 Å². The van der Waals surface area contributed by atoms with E-state index in [1.807, 2.05) is 19.9 Å². The van der Waals surface area contributed by atoms with Crippen LogP contribution >= 0.6 is 0 Å². The molecule has 0 heterocycles. The average molecular weight is 387 g/mol. The SMILES string of the molecule is C=C1[C@@H]2CC[C@H]3[C@]4(C)CC[C@@H](O)C(C)(C)[C@H]4CC[C@]3(C2)[C@@H]1OC(=O)/C(C)=C\C. The maximum Gasteiger partial charge on any atom is 0.333 e. The van der Waals surface area contributed by atoms with Gasteiger partial charge in [0.1, 0.15) is 6.10 Å². The third-order valence-corrected chi connectivity index (χ3v) is 9.69. The summed E-state index contributed by atoms with van der Waals surface area (Å²) in [6, 6.07) is 0. The minimum absolute atomic E-state index is 0.0468. The van der Waals surface area contributed by atoms with Gasteiger partial charge in [-0.15, -0.1) is 0 Å². The summed E-state index contributed by atoms with van der Waals surface area (Å²) in [6.07, 6.45) is 9.19. The van der Waals surface area contributed by atoms with Crippen LogP contribution in [0.15, 0.2) is 23.8 Å². The van der Waals surface area contributed by atoms with Crippen molar-refractivity contribution < 1.29 is 14.6 Å². The Hall–Kier alpha value is -1.09. The first-order chi connectivity index (χ1) is 13.1. The number of esters is 1. The third-order valence-electron chi connectivity index (χ3n) is 9.69. The molecule has 1 spiro atoms. The molecule has 156 valence electrons. The van der Waals surface area contributed by atoms with Gasteiger partial charge in [0.05, 0.1) is 6.10 Å². The number of carbonyl (C=O) groups excluding carboxylic acids is 1. The van der Waals surface area contributed by atoms with Crippen molar-refractivity contribution in [1.29, 1.82) is 0 Å². The Morgan fingerprint density at radius 2 is 1.86 bits per heavy atom. The molecule has 28 heavy (non-hydrogen) atoms. The lowest BCUT2D eigenvalue weighted by Gasteiger charge is -2.65. The van der Waals surface area contributed by atoms with Gasteiger partial charge in [0, 0.05) is 11.0 Å². The summed E-state index contributed by atoms with van der Waals surface area (Å²) in [4.78, 5) is 12.7. The van der Waals surface area contributed by atoms with Crippen molar-refractivity contribution in [2.75, 3.05) is 0 Å². The van der Waals surface area contributed by atoms with Crippen molar-refractivity contribution >= 4 is 5.97 Å². The smallest absolute Gasteiger partial charge is 0.333 e. The van der Waals surface area contributed by atoms with Crippen LogP contribution in [0.4, 0.5) is 0 Å². The third kappa shape index (κ3) is 2.54. The number of hydrogen-bond donors (Lipinski definition) is 1. The zero-order valence-corrected chi connectivity index (χ0v) is 18.4. The van der Waals surface area contributed by atoms with Crippen molar-refractivity contribution in [3.05, 3.63) is 23.8 Å². The van der Waals surface area contributed by atoms with Crippen LogP contribution in [0.5, 0.6) is 0 Å². The molecule has 1 N–H and O–H groups in total. The van der Waals surface area contributed by atoms with Gasteiger partial charge in [0.15, 0.2) is 0 Å². The summed E-state index contributed by atoms with van der Waals surface area (Å²) in [7, 11) is 0. The van der Waals surface area contributed by atoms with E-state index in [4.69, 9.17) is 4.74 Å². The van der Waals surface area contributed by atoms with Crippen molar-refractivity contribution in [2.24, 2.45) is 34.0 Å². The predicted octanol–water partition coefficient (Wildman–Crippen LogP) is 5.43. The first-order valence-corrected chi connectivity index (χ1v) is 11.3. The summed E-state index contributed by atoms with van der Waals surface area (Å²) in [5.74, 6) is 1.39. The number of aliphatic hydroxyl groups excluding tert-OH is 1. The maximum absolute atomic E-state index is 12.7. The van der Waals surface area contributed by atoms with Gasteiger partial charge in [0.25, 0.3) is 0 Å². The highest BCUT2D eigenvalue weighted by molar-refractivity contribution is 5.88. The van der Waals surface area contributed by atoms with Crippen molar-refractivity contribution in [2.45, 2.75) is 91.8 Å². The molecule has 0 aromatic carbocycles. The predicted molar refractivity (Wildman–Crippen MR) is 112 cm³/mol. The van der Waals surface area contributed by atoms with Crippen LogP contribution in [0.1, 0.15) is 79.6 Å². The number of hydrogen-bond acceptors (Lipinski definition) is 3. The molecule has 0 aliphatic heterocycles. The van der Waals surface area contributed by atoms with Crippen molar-refractivity contribution in [1.82, 2.24) is 0 Å². The number of ether oxygens (including phenoxy) is 1. The summed E-state index contributed by atoms with van der Waals surface area (Å²) in [6.45, 7) is 15.2. The van der Waals surface area contributed by atoms with E-state index in [0.29, 0.717) is 23.3 Å². The fraction of sp³-hybridized carbons (Fsp3) is 0.800. The molecule has 4 aliphatic rings. The maximum atomic E-state index is 12.7. The number of aliphatic hydroxyl groups is 1. The molecule has 0 aromatic heterocycles. The monoisotopic (exact) mass is 386 g/mol. The molecule has 3 nitrogen and oxygen atoms in total. The lowest BCUT2D eigenvalue weighted by atomic mass is 9.40. The Morgan fingerprint density at radius 1 is 1.14 bits per heavy atom. The van der Waals surface area contributed by atoms with Gasteiger partial charge in [-0.2, -0.15) is 0 Å². The first-order valence-electron chi connectivity index (χ1n) is 11.3. The highest BCUT2D eigenvalue weighted by Crippen LogP contribution is 2.72. The number of rotatable bonds is 2. The van der Waals surface area contributed by atoms with Gasteiger partial charge < -0.3 is 9.84 Å². The molecule has 7 atom stereocenters. The molecule has 3 heteroatoms. The molecule has 0 saturated heterocycles. The fourth-order valence-electron chi connectivity index (χ4n) is 8.06. The van der Waals surface area contributed by atoms with Crippen LogP contribution in [0.25, 0.3) is 0 Å². The Morgan fingerprint density at radius 3 is 2.54 bits per heavy atom. The summed E-state index contributed by atoms with van der Waals surface area (Å²) < 4.78 is 6.19. The molecule has 2 bridgehead atoms. The second-order valence-corrected chi connectivity index (χ2v) is 11.1. The lowest BCUT2D eigenvalue weighted by Crippen LogP contribution is -2.61. The Labute approximate surface area is 170 Å². The highest BCUT2D eigenvalue weighted by Gasteiger charge is 2.68. The van der Waals surface area contributed by atoms with Crippen molar-refractivity contribution in [3.63, 3.8) is 0 Å². The molecular formula is C25H38O3. The van der Waals surface area contributed by atoms with E-state index < -0.39 is 0 Å². The van der Waals surface area contributed by atoms with Crippen LogP contribution < -0.4 is 0 Å². The average Bonchev–Trinajstić information content (AvgIpc) is 2.84. The minimum atomic E-state index is -0.208. The molecular weight excluding hydrogens is 348 g/mol. The Balaban J connectivity index is 1.72. The van der Waals surface area contributed by atoms with E-state index in [1.54, 1.807) is 0 Å². The summed E-state index contributed by atoms with van der Waals surface area (Å²) >= 11 is 0. The zero-order chi connectivity index (χ0) is 20.5. The largest absolute Gasteiger partial charge is 0.454 e. The summed E-state index contributed by atoms with van der Waals surface area (Å²) in [5.41, 5.74) is 2.06. The van der Waals surface area contributed by atoms with Gasteiger partial charge >= 0.3 is 5.97 Å². The van der Waals surface area contributed by atoms with E-state index in [1.165, 1.54) is 12.8 Å². The molecule has 0 radical (unpaired) electrons. The minimum Gasteiger partial charge on any atom is -0.454 e. The van der Waals surface area contributed by atoms with E-state index in [-0.39, 0.29) is 34.4 Å².